The predicted molar refractivity (Wildman–Crippen MR) is 41.0 cm³/mol. The normalized spacial score (nSPS) is 27.4. The summed E-state index contributed by atoms with van der Waals surface area (Å²) in [5.41, 5.74) is 2.99. The summed E-state index contributed by atoms with van der Waals surface area (Å²) in [6.45, 7) is 3.52. The summed E-state index contributed by atoms with van der Waals surface area (Å²) in [7, 11) is 0. The van der Waals surface area contributed by atoms with Crippen LogP contribution in [0.1, 0.15) is 20.3 Å². The van der Waals surface area contributed by atoms with Gasteiger partial charge in [0.05, 0.1) is 11.8 Å². The highest BCUT2D eigenvalue weighted by molar-refractivity contribution is 5.96. The minimum Gasteiger partial charge on any atom is -0.387 e. The van der Waals surface area contributed by atoms with Crippen molar-refractivity contribution >= 4 is 11.6 Å². The number of nitrogens with zero attached hydrogens (tertiary/aromatic N) is 1. The number of aliphatic hydroxyl groups excluding tert-OH is 1. The van der Waals surface area contributed by atoms with Crippen molar-refractivity contribution in [3.8, 4) is 0 Å². The summed E-state index contributed by atoms with van der Waals surface area (Å²) < 4.78 is 0. The minimum atomic E-state index is -0.564. The largest absolute Gasteiger partial charge is 0.387 e. The highest BCUT2D eigenvalue weighted by Gasteiger charge is 2.22. The standard InChI is InChI=1S/C7H12N2O2/c1-4-3-6(11)8-9-7(4)5(2)10/h4-5,10H,3H2,1-2H3,(H,8,11). The van der Waals surface area contributed by atoms with E-state index in [1.54, 1.807) is 6.92 Å². The van der Waals surface area contributed by atoms with Crippen molar-refractivity contribution in [1.29, 1.82) is 0 Å². The second kappa shape index (κ2) is 3.00. The lowest BCUT2D eigenvalue weighted by Crippen LogP contribution is -2.36. The van der Waals surface area contributed by atoms with Crippen molar-refractivity contribution in [2.75, 3.05) is 0 Å². The van der Waals surface area contributed by atoms with Crippen molar-refractivity contribution in [3.05, 3.63) is 0 Å². The van der Waals surface area contributed by atoms with Gasteiger partial charge in [0.25, 0.3) is 0 Å². The van der Waals surface area contributed by atoms with Crippen molar-refractivity contribution in [2.45, 2.75) is 26.4 Å². The van der Waals surface area contributed by atoms with Crippen molar-refractivity contribution in [1.82, 2.24) is 5.43 Å². The van der Waals surface area contributed by atoms with E-state index in [0.29, 0.717) is 12.1 Å². The third-order valence-electron chi connectivity index (χ3n) is 1.73. The lowest BCUT2D eigenvalue weighted by molar-refractivity contribution is -0.122. The van der Waals surface area contributed by atoms with E-state index in [0.717, 1.165) is 0 Å². The zero-order valence-electron chi connectivity index (χ0n) is 6.66. The van der Waals surface area contributed by atoms with Crippen LogP contribution in [0.4, 0.5) is 0 Å². The molecule has 4 nitrogen and oxygen atoms in total. The molecule has 0 bridgehead atoms. The fourth-order valence-corrected chi connectivity index (χ4v) is 1.17. The monoisotopic (exact) mass is 156 g/mol. The van der Waals surface area contributed by atoms with E-state index in [-0.39, 0.29) is 11.8 Å². The first kappa shape index (κ1) is 8.20. The van der Waals surface area contributed by atoms with Crippen LogP contribution >= 0.6 is 0 Å². The fraction of sp³-hybridized carbons (Fsp3) is 0.714. The van der Waals surface area contributed by atoms with Gasteiger partial charge in [0.1, 0.15) is 0 Å². The van der Waals surface area contributed by atoms with Crippen molar-refractivity contribution < 1.29 is 9.90 Å². The molecular formula is C7H12N2O2. The van der Waals surface area contributed by atoms with Crippen molar-refractivity contribution in [3.63, 3.8) is 0 Å². The topological polar surface area (TPSA) is 61.7 Å². The van der Waals surface area contributed by atoms with Gasteiger partial charge in [-0.2, -0.15) is 5.10 Å². The van der Waals surface area contributed by atoms with Crippen LogP contribution in [-0.2, 0) is 4.79 Å². The molecule has 4 heteroatoms. The van der Waals surface area contributed by atoms with Crippen LogP contribution in [-0.4, -0.2) is 22.8 Å². The summed E-state index contributed by atoms with van der Waals surface area (Å²) in [5.74, 6) is -0.0225. The first-order valence-corrected chi connectivity index (χ1v) is 3.65. The molecular weight excluding hydrogens is 144 g/mol. The Bertz CT molecular complexity index is 199. The predicted octanol–water partition coefficient (Wildman–Crippen LogP) is -0.121. The number of hydrazone groups is 1. The Morgan fingerprint density at radius 1 is 1.82 bits per heavy atom. The Morgan fingerprint density at radius 2 is 2.45 bits per heavy atom. The van der Waals surface area contributed by atoms with E-state index in [1.165, 1.54) is 0 Å². The molecule has 2 atom stereocenters. The number of amides is 1. The molecule has 0 fully saturated rings. The maximum Gasteiger partial charge on any atom is 0.240 e. The number of nitrogens with one attached hydrogen (secondary N) is 1. The molecule has 2 N–H and O–H groups in total. The van der Waals surface area contributed by atoms with Crippen LogP contribution in [0.3, 0.4) is 0 Å². The first-order chi connectivity index (χ1) is 5.11. The van der Waals surface area contributed by atoms with Gasteiger partial charge in [0, 0.05) is 12.3 Å². The summed E-state index contributed by atoms with van der Waals surface area (Å²) in [6, 6.07) is 0. The van der Waals surface area contributed by atoms with Gasteiger partial charge in [0.15, 0.2) is 0 Å². The Hall–Kier alpha value is -0.900. The highest BCUT2D eigenvalue weighted by Crippen LogP contribution is 2.11. The van der Waals surface area contributed by atoms with Crippen LogP contribution in [0.15, 0.2) is 5.10 Å². The quantitative estimate of drug-likeness (QED) is 0.556. The van der Waals surface area contributed by atoms with E-state index in [2.05, 4.69) is 10.5 Å². The second-order valence-electron chi connectivity index (χ2n) is 2.85. The number of rotatable bonds is 1. The molecule has 0 aliphatic carbocycles. The summed E-state index contributed by atoms with van der Waals surface area (Å²) in [6.07, 6.45) is -0.144. The highest BCUT2D eigenvalue weighted by atomic mass is 16.3. The number of hydrogen-bond acceptors (Lipinski definition) is 3. The molecule has 62 valence electrons. The SMILES string of the molecule is CC(O)C1=NNC(=O)CC1C. The van der Waals surface area contributed by atoms with E-state index in [4.69, 9.17) is 5.11 Å². The number of aliphatic hydroxyl groups is 1. The Kier molecular flexibility index (Phi) is 2.24. The number of carbonyl (C=O) groups excluding carboxylic acids is 1. The molecule has 0 aromatic rings. The lowest BCUT2D eigenvalue weighted by Gasteiger charge is -2.20. The number of hydrogen-bond donors (Lipinski definition) is 2. The van der Waals surface area contributed by atoms with Gasteiger partial charge in [-0.25, -0.2) is 5.43 Å². The molecule has 0 aromatic carbocycles. The lowest BCUT2D eigenvalue weighted by atomic mass is 9.97. The summed E-state index contributed by atoms with van der Waals surface area (Å²) >= 11 is 0. The van der Waals surface area contributed by atoms with Gasteiger partial charge < -0.3 is 5.11 Å². The summed E-state index contributed by atoms with van der Waals surface area (Å²) in [5, 5.41) is 12.9. The smallest absolute Gasteiger partial charge is 0.240 e. The van der Waals surface area contributed by atoms with Gasteiger partial charge >= 0.3 is 0 Å². The van der Waals surface area contributed by atoms with Gasteiger partial charge in [-0.05, 0) is 6.92 Å². The van der Waals surface area contributed by atoms with Gasteiger partial charge in [-0.15, -0.1) is 0 Å². The van der Waals surface area contributed by atoms with Gasteiger partial charge in [-0.1, -0.05) is 6.92 Å². The Balaban J connectivity index is 2.72. The minimum absolute atomic E-state index is 0.0590. The van der Waals surface area contributed by atoms with Gasteiger partial charge in [-0.3, -0.25) is 4.79 Å². The third kappa shape index (κ3) is 1.77. The van der Waals surface area contributed by atoms with Crippen LogP contribution in [0.5, 0.6) is 0 Å². The molecule has 0 saturated heterocycles. The maximum absolute atomic E-state index is 10.7. The van der Waals surface area contributed by atoms with E-state index in [1.807, 2.05) is 6.92 Å². The van der Waals surface area contributed by atoms with Gasteiger partial charge in [0.2, 0.25) is 5.91 Å². The zero-order valence-corrected chi connectivity index (χ0v) is 6.66. The molecule has 1 amide bonds. The van der Waals surface area contributed by atoms with E-state index >= 15 is 0 Å². The number of carbonyl (C=O) groups is 1. The maximum atomic E-state index is 10.7. The Labute approximate surface area is 65.3 Å². The van der Waals surface area contributed by atoms with Crippen LogP contribution < -0.4 is 5.43 Å². The fourth-order valence-electron chi connectivity index (χ4n) is 1.17. The van der Waals surface area contributed by atoms with Crippen LogP contribution in [0.2, 0.25) is 0 Å². The average Bonchev–Trinajstić information content (AvgIpc) is 1.85. The molecule has 0 radical (unpaired) electrons. The van der Waals surface area contributed by atoms with Crippen LogP contribution in [0, 0.1) is 5.92 Å². The van der Waals surface area contributed by atoms with E-state index < -0.39 is 6.10 Å². The molecule has 1 aliphatic heterocycles. The molecule has 11 heavy (non-hydrogen) atoms. The molecule has 0 saturated carbocycles. The molecule has 2 unspecified atom stereocenters. The Morgan fingerprint density at radius 3 is 2.91 bits per heavy atom. The molecule has 1 rings (SSSR count). The average molecular weight is 156 g/mol. The zero-order chi connectivity index (χ0) is 8.43. The third-order valence-corrected chi connectivity index (χ3v) is 1.73. The first-order valence-electron chi connectivity index (χ1n) is 3.65. The summed E-state index contributed by atoms with van der Waals surface area (Å²) in [4.78, 5) is 10.7. The van der Waals surface area contributed by atoms with E-state index in [9.17, 15) is 4.79 Å². The van der Waals surface area contributed by atoms with Crippen LogP contribution in [0.25, 0.3) is 0 Å². The molecule has 1 aliphatic rings. The second-order valence-corrected chi connectivity index (χ2v) is 2.85. The molecule has 0 aromatic heterocycles. The van der Waals surface area contributed by atoms with Crippen molar-refractivity contribution in [2.24, 2.45) is 11.0 Å². The molecule has 0 spiro atoms. The molecule has 1 heterocycles.